The highest BCUT2D eigenvalue weighted by Crippen LogP contribution is 2.42. The lowest BCUT2D eigenvalue weighted by atomic mass is 9.70. The number of hydrogen-bond acceptors (Lipinski definition) is 5. The molecule has 0 saturated heterocycles. The van der Waals surface area contributed by atoms with E-state index < -0.39 is 5.41 Å². The van der Waals surface area contributed by atoms with Gasteiger partial charge in [0, 0.05) is 5.56 Å². The summed E-state index contributed by atoms with van der Waals surface area (Å²) in [5, 5.41) is 11.2. The Hall–Kier alpha value is -2.73. The third-order valence-electron chi connectivity index (χ3n) is 5.48. The fraction of sp³-hybridized carbons (Fsp3) is 0.375. The third-order valence-corrected chi connectivity index (χ3v) is 6.08. The monoisotopic (exact) mass is 423 g/mol. The van der Waals surface area contributed by atoms with Crippen LogP contribution in [0.5, 0.6) is 5.75 Å². The summed E-state index contributed by atoms with van der Waals surface area (Å²) in [6.45, 7) is 8.39. The fourth-order valence-electron chi connectivity index (χ4n) is 3.74. The summed E-state index contributed by atoms with van der Waals surface area (Å²) in [4.78, 5) is 13.1. The fourth-order valence-corrected chi connectivity index (χ4v) is 4.18. The van der Waals surface area contributed by atoms with Gasteiger partial charge in [-0.3, -0.25) is 4.79 Å². The highest BCUT2D eigenvalue weighted by atomic mass is 32.1. The first-order valence-corrected chi connectivity index (χ1v) is 11.0. The second-order valence-corrected chi connectivity index (χ2v) is 9.26. The molecule has 0 bridgehead atoms. The van der Waals surface area contributed by atoms with E-state index in [-0.39, 0.29) is 11.8 Å². The van der Waals surface area contributed by atoms with Crippen molar-refractivity contribution in [2.45, 2.75) is 40.0 Å². The van der Waals surface area contributed by atoms with Crippen LogP contribution in [0.2, 0.25) is 0 Å². The van der Waals surface area contributed by atoms with E-state index in [4.69, 9.17) is 4.74 Å². The molecule has 1 N–H and O–H groups in total. The highest BCUT2D eigenvalue weighted by molar-refractivity contribution is 7.13. The average Bonchev–Trinajstić information content (AvgIpc) is 3.25. The molecular formula is C24H29N3O2S. The predicted octanol–water partition coefficient (Wildman–Crippen LogP) is 6.01. The van der Waals surface area contributed by atoms with Gasteiger partial charge >= 0.3 is 0 Å². The van der Waals surface area contributed by atoms with Crippen LogP contribution in [0.4, 0.5) is 5.13 Å². The lowest BCUT2D eigenvalue weighted by molar-refractivity contribution is -0.125. The smallest absolute Gasteiger partial charge is 0.232 e. The van der Waals surface area contributed by atoms with Gasteiger partial charge in [0.2, 0.25) is 11.0 Å². The van der Waals surface area contributed by atoms with Gasteiger partial charge in [-0.2, -0.15) is 0 Å². The molecule has 158 valence electrons. The summed E-state index contributed by atoms with van der Waals surface area (Å²) in [5.41, 5.74) is 4.31. The number of hydrogen-bond donors (Lipinski definition) is 1. The first-order chi connectivity index (χ1) is 14.3. The average molecular weight is 424 g/mol. The predicted molar refractivity (Wildman–Crippen MR) is 123 cm³/mol. The van der Waals surface area contributed by atoms with Crippen molar-refractivity contribution in [1.82, 2.24) is 10.2 Å². The number of rotatable bonds is 8. The van der Waals surface area contributed by atoms with Crippen molar-refractivity contribution in [2.24, 2.45) is 11.3 Å². The number of benzene rings is 2. The molecule has 0 saturated carbocycles. The van der Waals surface area contributed by atoms with E-state index in [1.807, 2.05) is 32.0 Å². The molecule has 1 amide bonds. The summed E-state index contributed by atoms with van der Waals surface area (Å²) >= 11 is 1.33. The van der Waals surface area contributed by atoms with E-state index in [2.05, 4.69) is 59.7 Å². The van der Waals surface area contributed by atoms with E-state index in [0.717, 1.165) is 28.9 Å². The minimum Gasteiger partial charge on any atom is -0.496 e. The molecule has 0 aliphatic heterocycles. The maximum Gasteiger partial charge on any atom is 0.232 e. The van der Waals surface area contributed by atoms with Crippen LogP contribution in [0.25, 0.3) is 11.1 Å². The number of nitrogens with zero attached hydrogens (tertiary/aromatic N) is 2. The first-order valence-electron chi connectivity index (χ1n) is 10.1. The van der Waals surface area contributed by atoms with Gasteiger partial charge in [-0.05, 0) is 35.4 Å². The Kier molecular flexibility index (Phi) is 6.87. The highest BCUT2D eigenvalue weighted by Gasteiger charge is 2.38. The normalized spacial score (nSPS) is 12.6. The van der Waals surface area contributed by atoms with Gasteiger partial charge in [0.15, 0.2) is 0 Å². The van der Waals surface area contributed by atoms with Crippen molar-refractivity contribution >= 4 is 22.4 Å². The Morgan fingerprint density at radius 1 is 1.13 bits per heavy atom. The summed E-state index contributed by atoms with van der Waals surface area (Å²) in [6.07, 6.45) is 0.907. The molecule has 30 heavy (non-hydrogen) atoms. The second-order valence-electron chi connectivity index (χ2n) is 8.42. The molecule has 0 aliphatic rings. The molecule has 1 atom stereocenters. The van der Waals surface area contributed by atoms with Crippen LogP contribution in [-0.2, 0) is 4.79 Å². The lowest BCUT2D eigenvalue weighted by Crippen LogP contribution is -2.37. The summed E-state index contributed by atoms with van der Waals surface area (Å²) in [5.74, 6) is 1.33. The standard InChI is InChI=1S/C24H29N3O2S/c1-16(2)14-20(24(3,4)22(28)26-23-27-25-15-30-23)18-12-10-17(11-13-18)19-8-6-7-9-21(19)29-5/h6-13,15-16,20H,14H2,1-5H3,(H,26,27,28). The van der Waals surface area contributed by atoms with Crippen molar-refractivity contribution in [2.75, 3.05) is 12.4 Å². The van der Waals surface area contributed by atoms with Crippen molar-refractivity contribution in [3.05, 3.63) is 59.6 Å². The second kappa shape index (κ2) is 9.39. The maximum absolute atomic E-state index is 13.1. The van der Waals surface area contributed by atoms with Crippen molar-refractivity contribution in [3.8, 4) is 16.9 Å². The molecular weight excluding hydrogens is 394 g/mol. The van der Waals surface area contributed by atoms with E-state index in [9.17, 15) is 4.79 Å². The number of methoxy groups -OCH3 is 1. The topological polar surface area (TPSA) is 64.1 Å². The molecule has 5 nitrogen and oxygen atoms in total. The van der Waals surface area contributed by atoms with Crippen LogP contribution in [0, 0.1) is 11.3 Å². The van der Waals surface area contributed by atoms with Gasteiger partial charge in [0.05, 0.1) is 12.5 Å². The number of ether oxygens (including phenoxy) is 1. The number of carbonyl (C=O) groups is 1. The van der Waals surface area contributed by atoms with Gasteiger partial charge in [-0.25, -0.2) is 0 Å². The molecule has 6 heteroatoms. The van der Waals surface area contributed by atoms with Crippen LogP contribution < -0.4 is 10.1 Å². The van der Waals surface area contributed by atoms with E-state index in [1.54, 1.807) is 12.6 Å². The van der Waals surface area contributed by atoms with Crippen LogP contribution in [0.15, 0.2) is 54.0 Å². The number of aromatic nitrogens is 2. The quantitative estimate of drug-likeness (QED) is 0.482. The molecule has 1 unspecified atom stereocenters. The Labute approximate surface area is 182 Å². The molecule has 0 fully saturated rings. The lowest BCUT2D eigenvalue weighted by Gasteiger charge is -2.34. The molecule has 0 spiro atoms. The van der Waals surface area contributed by atoms with Gasteiger partial charge in [-0.15, -0.1) is 10.2 Å². The first kappa shape index (κ1) is 22.0. The molecule has 0 aliphatic carbocycles. The molecule has 1 heterocycles. The van der Waals surface area contributed by atoms with Gasteiger partial charge in [0.25, 0.3) is 0 Å². The zero-order chi connectivity index (χ0) is 21.7. The molecule has 3 aromatic rings. The minimum absolute atomic E-state index is 0.0429. The third kappa shape index (κ3) is 4.87. The SMILES string of the molecule is COc1ccccc1-c1ccc(C(CC(C)C)C(C)(C)C(=O)Nc2nncs2)cc1. The summed E-state index contributed by atoms with van der Waals surface area (Å²) < 4.78 is 5.50. The number of carbonyl (C=O) groups excluding carboxylic acids is 1. The van der Waals surface area contributed by atoms with Crippen molar-refractivity contribution in [1.29, 1.82) is 0 Å². The van der Waals surface area contributed by atoms with Crippen LogP contribution in [0.1, 0.15) is 45.6 Å². The minimum atomic E-state index is -0.609. The van der Waals surface area contributed by atoms with Gasteiger partial charge in [0.1, 0.15) is 11.3 Å². The van der Waals surface area contributed by atoms with Crippen LogP contribution in [0.3, 0.4) is 0 Å². The zero-order valence-corrected chi connectivity index (χ0v) is 19.0. The number of nitrogens with one attached hydrogen (secondary N) is 1. The number of para-hydroxylation sites is 1. The van der Waals surface area contributed by atoms with Crippen molar-refractivity contribution in [3.63, 3.8) is 0 Å². The van der Waals surface area contributed by atoms with E-state index in [0.29, 0.717) is 11.0 Å². The van der Waals surface area contributed by atoms with Gasteiger partial charge < -0.3 is 10.1 Å². The van der Waals surface area contributed by atoms with Crippen LogP contribution >= 0.6 is 11.3 Å². The molecule has 0 radical (unpaired) electrons. The van der Waals surface area contributed by atoms with E-state index >= 15 is 0 Å². The maximum atomic E-state index is 13.1. The molecule has 2 aromatic carbocycles. The van der Waals surface area contributed by atoms with Crippen molar-refractivity contribution < 1.29 is 9.53 Å². The van der Waals surface area contributed by atoms with Crippen LogP contribution in [-0.4, -0.2) is 23.2 Å². The van der Waals surface area contributed by atoms with Gasteiger partial charge in [-0.1, -0.05) is 81.5 Å². The summed E-state index contributed by atoms with van der Waals surface area (Å²) in [6, 6.07) is 16.5. The molecule has 1 aromatic heterocycles. The Balaban J connectivity index is 1.90. The molecule has 3 rings (SSSR count). The Morgan fingerprint density at radius 3 is 2.43 bits per heavy atom. The number of amides is 1. The zero-order valence-electron chi connectivity index (χ0n) is 18.2. The van der Waals surface area contributed by atoms with E-state index in [1.165, 1.54) is 11.3 Å². The summed E-state index contributed by atoms with van der Waals surface area (Å²) in [7, 11) is 1.69. The number of anilines is 1. The Morgan fingerprint density at radius 2 is 1.83 bits per heavy atom. The Bertz CT molecular complexity index is 966. The largest absolute Gasteiger partial charge is 0.496 e.